The highest BCUT2D eigenvalue weighted by Gasteiger charge is 2.07. The molecule has 0 rings (SSSR count). The van der Waals surface area contributed by atoms with E-state index >= 15 is 0 Å². The fourth-order valence-corrected chi connectivity index (χ4v) is 0.863. The fourth-order valence-electron chi connectivity index (χ4n) is 0.863. The molecule has 2 nitrogen and oxygen atoms in total. The molecule has 61 valence electrons. The standard InChI is InChI=1S/C8H19NO/c1-4-8(2)7-9(3)5-6-10/h7-10H,4-6H2,1-3H3/q+1. The Hall–Kier alpha value is -0.0800. The highest BCUT2D eigenvalue weighted by Crippen LogP contribution is 1.98. The number of quaternary nitrogens is 1. The van der Waals surface area contributed by atoms with Crippen LogP contribution in [0.2, 0.25) is 0 Å². The van der Waals surface area contributed by atoms with Crippen molar-refractivity contribution < 1.29 is 10.0 Å². The number of aliphatic hydroxyl groups is 1. The van der Waals surface area contributed by atoms with Gasteiger partial charge in [0.2, 0.25) is 0 Å². The van der Waals surface area contributed by atoms with Crippen LogP contribution in [-0.2, 0) is 0 Å². The van der Waals surface area contributed by atoms with Crippen molar-refractivity contribution in [3.63, 3.8) is 0 Å². The van der Waals surface area contributed by atoms with E-state index in [9.17, 15) is 0 Å². The fraction of sp³-hybridized carbons (Fsp3) is 0.875. The maximum atomic E-state index is 8.58. The second kappa shape index (κ2) is 5.69. The number of aliphatic hydroxyl groups excluding tert-OH is 1. The predicted octanol–water partition coefficient (Wildman–Crippen LogP) is -0.299. The van der Waals surface area contributed by atoms with Crippen LogP contribution in [0.25, 0.3) is 0 Å². The maximum absolute atomic E-state index is 8.58. The quantitative estimate of drug-likeness (QED) is 0.545. The molecule has 2 N–H and O–H groups in total. The van der Waals surface area contributed by atoms with Crippen molar-refractivity contribution in [3.8, 4) is 0 Å². The van der Waals surface area contributed by atoms with E-state index in [1.165, 1.54) is 11.3 Å². The molecule has 0 amide bonds. The van der Waals surface area contributed by atoms with Gasteiger partial charge in [-0.15, -0.1) is 0 Å². The maximum Gasteiger partial charge on any atom is 0.143 e. The second-order valence-electron chi connectivity index (χ2n) is 2.87. The van der Waals surface area contributed by atoms with Crippen molar-refractivity contribution in [1.29, 1.82) is 0 Å². The molecule has 0 heterocycles. The minimum Gasteiger partial charge on any atom is -0.391 e. The zero-order valence-electron chi connectivity index (χ0n) is 7.22. The van der Waals surface area contributed by atoms with Crippen LogP contribution in [0.3, 0.4) is 0 Å². The summed E-state index contributed by atoms with van der Waals surface area (Å²) >= 11 is 0. The van der Waals surface area contributed by atoms with E-state index in [0.29, 0.717) is 5.92 Å². The van der Waals surface area contributed by atoms with Gasteiger partial charge in [0.25, 0.3) is 0 Å². The monoisotopic (exact) mass is 145 g/mol. The zero-order valence-corrected chi connectivity index (χ0v) is 7.22. The summed E-state index contributed by atoms with van der Waals surface area (Å²) < 4.78 is 0. The van der Waals surface area contributed by atoms with Gasteiger partial charge in [-0.1, -0.05) is 13.8 Å². The molecule has 2 unspecified atom stereocenters. The highest BCUT2D eigenvalue weighted by atomic mass is 16.3. The van der Waals surface area contributed by atoms with Crippen LogP contribution >= 0.6 is 0 Å². The molecule has 0 fully saturated rings. The van der Waals surface area contributed by atoms with Gasteiger partial charge in [0.05, 0.1) is 13.7 Å². The molecule has 0 aromatic heterocycles. The van der Waals surface area contributed by atoms with E-state index in [4.69, 9.17) is 5.11 Å². The number of hydrogen-bond donors (Lipinski definition) is 2. The van der Waals surface area contributed by atoms with Gasteiger partial charge in [-0.05, 0) is 6.42 Å². The summed E-state index contributed by atoms with van der Waals surface area (Å²) in [6.07, 6.45) is 1.18. The van der Waals surface area contributed by atoms with Gasteiger partial charge in [0.1, 0.15) is 13.1 Å². The summed E-state index contributed by atoms with van der Waals surface area (Å²) in [4.78, 5) is 1.30. The third kappa shape index (κ3) is 4.77. The van der Waals surface area contributed by atoms with Gasteiger partial charge in [-0.25, -0.2) is 0 Å². The third-order valence-corrected chi connectivity index (χ3v) is 1.72. The topological polar surface area (TPSA) is 24.7 Å². The Morgan fingerprint density at radius 1 is 1.60 bits per heavy atom. The van der Waals surface area contributed by atoms with E-state index in [-0.39, 0.29) is 6.61 Å². The van der Waals surface area contributed by atoms with Crippen molar-refractivity contribution in [2.45, 2.75) is 20.3 Å². The first kappa shape index (κ1) is 9.92. The number of nitrogens with one attached hydrogen (secondary N) is 1. The summed E-state index contributed by atoms with van der Waals surface area (Å²) in [5.74, 6) is 0.659. The van der Waals surface area contributed by atoms with E-state index in [1.807, 2.05) is 0 Å². The normalized spacial score (nSPS) is 16.8. The van der Waals surface area contributed by atoms with Crippen LogP contribution < -0.4 is 4.90 Å². The molecule has 0 saturated carbocycles. The lowest BCUT2D eigenvalue weighted by Gasteiger charge is -2.14. The van der Waals surface area contributed by atoms with Gasteiger partial charge < -0.3 is 10.0 Å². The van der Waals surface area contributed by atoms with Gasteiger partial charge >= 0.3 is 0 Å². The minimum atomic E-state index is 0.277. The molecule has 10 heavy (non-hydrogen) atoms. The summed E-state index contributed by atoms with van der Waals surface area (Å²) in [5.41, 5.74) is 0. The number of hydrogen-bond acceptors (Lipinski definition) is 1. The average Bonchev–Trinajstić information content (AvgIpc) is 1.88. The molecule has 2 atom stereocenters. The minimum absolute atomic E-state index is 0.277. The van der Waals surface area contributed by atoms with Gasteiger partial charge in [-0.3, -0.25) is 0 Å². The van der Waals surface area contributed by atoms with Crippen LogP contribution in [-0.4, -0.2) is 25.3 Å². The smallest absolute Gasteiger partial charge is 0.143 e. The Kier molecular flexibility index (Phi) is 5.64. The van der Waals surface area contributed by atoms with Gasteiger partial charge in [0.15, 0.2) is 0 Å². The highest BCUT2D eigenvalue weighted by molar-refractivity contribution is 4.56. The summed E-state index contributed by atoms with van der Waals surface area (Å²) in [6.45, 7) is 7.70. The molecule has 0 saturated heterocycles. The molecule has 0 bridgehead atoms. The lowest BCUT2D eigenvalue weighted by atomic mass is 10.1. The number of rotatable bonds is 5. The Bertz CT molecular complexity index is 75.7. The third-order valence-electron chi connectivity index (χ3n) is 1.72. The molecule has 0 aliphatic carbocycles. The van der Waals surface area contributed by atoms with Crippen LogP contribution in [0.15, 0.2) is 0 Å². The first-order valence-corrected chi connectivity index (χ1v) is 3.98. The van der Waals surface area contributed by atoms with E-state index < -0.39 is 0 Å². The SMILES string of the molecule is CCC(C)[CH][NH+](C)CCO. The lowest BCUT2D eigenvalue weighted by Crippen LogP contribution is -3.07. The van der Waals surface area contributed by atoms with Crippen LogP contribution in [0.5, 0.6) is 0 Å². The van der Waals surface area contributed by atoms with Crippen molar-refractivity contribution >= 4 is 0 Å². The first-order chi connectivity index (χ1) is 4.70. The Morgan fingerprint density at radius 2 is 2.20 bits per heavy atom. The summed E-state index contributed by atoms with van der Waals surface area (Å²) in [7, 11) is 2.07. The largest absolute Gasteiger partial charge is 0.391 e. The van der Waals surface area contributed by atoms with Crippen LogP contribution in [0.1, 0.15) is 20.3 Å². The van der Waals surface area contributed by atoms with Crippen LogP contribution in [0, 0.1) is 12.5 Å². The zero-order chi connectivity index (χ0) is 7.98. The second-order valence-corrected chi connectivity index (χ2v) is 2.87. The Balaban J connectivity index is 3.27. The first-order valence-electron chi connectivity index (χ1n) is 3.98. The molecule has 0 aromatic rings. The molecular formula is C8H19NO+. The molecule has 2 heteroatoms. The lowest BCUT2D eigenvalue weighted by molar-refractivity contribution is -0.851. The molecular weight excluding hydrogens is 126 g/mol. The van der Waals surface area contributed by atoms with E-state index in [1.54, 1.807) is 0 Å². The number of likely N-dealkylation sites (N-methyl/N-ethyl adjacent to an activating group) is 1. The van der Waals surface area contributed by atoms with Gasteiger partial charge in [0, 0.05) is 5.92 Å². The van der Waals surface area contributed by atoms with E-state index in [0.717, 1.165) is 6.54 Å². The molecule has 0 spiro atoms. The van der Waals surface area contributed by atoms with Crippen molar-refractivity contribution in [2.24, 2.45) is 5.92 Å². The van der Waals surface area contributed by atoms with Crippen LogP contribution in [0.4, 0.5) is 0 Å². The summed E-state index contributed by atoms with van der Waals surface area (Å²) in [6, 6.07) is 0. The van der Waals surface area contributed by atoms with Crippen molar-refractivity contribution in [1.82, 2.24) is 0 Å². The predicted molar refractivity (Wildman–Crippen MR) is 42.6 cm³/mol. The van der Waals surface area contributed by atoms with E-state index in [2.05, 4.69) is 27.4 Å². The Morgan fingerprint density at radius 3 is 2.60 bits per heavy atom. The van der Waals surface area contributed by atoms with Crippen molar-refractivity contribution in [2.75, 3.05) is 20.2 Å². The Labute approximate surface area is 63.8 Å². The average molecular weight is 145 g/mol. The molecule has 0 aliphatic heterocycles. The molecule has 1 radical (unpaired) electrons. The summed E-state index contributed by atoms with van der Waals surface area (Å²) in [5, 5.41) is 8.58. The molecule has 0 aliphatic rings. The molecule has 0 aromatic carbocycles. The van der Waals surface area contributed by atoms with Gasteiger partial charge in [-0.2, -0.15) is 0 Å². The van der Waals surface area contributed by atoms with Crippen molar-refractivity contribution in [3.05, 3.63) is 6.54 Å².